The molecule has 0 aliphatic heterocycles. The van der Waals surface area contributed by atoms with Gasteiger partial charge in [-0.15, -0.1) is 0 Å². The lowest BCUT2D eigenvalue weighted by Crippen LogP contribution is -2.21. The molecule has 2 rings (SSSR count). The molecule has 0 heterocycles. The van der Waals surface area contributed by atoms with Gasteiger partial charge in [-0.05, 0) is 24.0 Å². The first-order chi connectivity index (χ1) is 7.25. The molecule has 1 aromatic carbocycles. The van der Waals surface area contributed by atoms with Crippen molar-refractivity contribution in [2.45, 2.75) is 38.2 Å². The molecule has 0 saturated heterocycles. The summed E-state index contributed by atoms with van der Waals surface area (Å²) in [6.07, 6.45) is 4.64. The number of halogens is 1. The molecule has 0 bridgehead atoms. The molecule has 1 nitrogen and oxygen atoms in total. The van der Waals surface area contributed by atoms with Gasteiger partial charge in [-0.2, -0.15) is 0 Å². The summed E-state index contributed by atoms with van der Waals surface area (Å²) in [6.45, 7) is 0. The van der Waals surface area contributed by atoms with Gasteiger partial charge in [0.2, 0.25) is 0 Å². The van der Waals surface area contributed by atoms with E-state index in [1.807, 2.05) is 6.07 Å². The maximum Gasteiger partial charge on any atom is 0.126 e. The van der Waals surface area contributed by atoms with Crippen molar-refractivity contribution in [3.8, 4) is 0 Å². The van der Waals surface area contributed by atoms with Crippen LogP contribution in [0.25, 0.3) is 0 Å². The first-order valence-corrected chi connectivity index (χ1v) is 5.67. The molecule has 82 valence electrons. The Morgan fingerprint density at radius 1 is 1.33 bits per heavy atom. The van der Waals surface area contributed by atoms with E-state index in [2.05, 4.69) is 0 Å². The zero-order chi connectivity index (χ0) is 10.7. The molecule has 0 spiro atoms. The number of hydrogen-bond donors (Lipinski definition) is 1. The number of benzene rings is 1. The van der Waals surface area contributed by atoms with Crippen LogP contribution in [0.2, 0.25) is 0 Å². The highest BCUT2D eigenvalue weighted by Gasteiger charge is 2.21. The van der Waals surface area contributed by atoms with Crippen molar-refractivity contribution in [1.29, 1.82) is 0 Å². The molecule has 1 unspecified atom stereocenters. The third-order valence-electron chi connectivity index (χ3n) is 3.24. The molecule has 0 amide bonds. The van der Waals surface area contributed by atoms with E-state index in [-0.39, 0.29) is 11.9 Å². The smallest absolute Gasteiger partial charge is 0.126 e. The van der Waals surface area contributed by atoms with Crippen LogP contribution in [0.15, 0.2) is 24.3 Å². The van der Waals surface area contributed by atoms with Crippen molar-refractivity contribution in [3.05, 3.63) is 35.6 Å². The molecule has 0 radical (unpaired) electrons. The first-order valence-electron chi connectivity index (χ1n) is 5.67. The van der Waals surface area contributed by atoms with E-state index in [1.165, 1.54) is 25.3 Å². The predicted molar refractivity (Wildman–Crippen MR) is 58.1 cm³/mol. The Morgan fingerprint density at radius 2 is 2.07 bits per heavy atom. The summed E-state index contributed by atoms with van der Waals surface area (Å²) in [5, 5.41) is 9.80. The van der Waals surface area contributed by atoms with Gasteiger partial charge >= 0.3 is 0 Å². The minimum Gasteiger partial charge on any atom is -0.393 e. The third kappa shape index (κ3) is 2.78. The van der Waals surface area contributed by atoms with Crippen molar-refractivity contribution in [2.24, 2.45) is 5.92 Å². The fourth-order valence-corrected chi connectivity index (χ4v) is 2.11. The van der Waals surface area contributed by atoms with Crippen LogP contribution in [-0.4, -0.2) is 11.2 Å². The van der Waals surface area contributed by atoms with Gasteiger partial charge in [0.15, 0.2) is 0 Å². The number of aliphatic hydroxyl groups is 1. The van der Waals surface area contributed by atoms with E-state index in [4.69, 9.17) is 0 Å². The Bertz CT molecular complexity index is 320. The summed E-state index contributed by atoms with van der Waals surface area (Å²) in [5.41, 5.74) is 0.629. The largest absolute Gasteiger partial charge is 0.393 e. The molecule has 15 heavy (non-hydrogen) atoms. The highest BCUT2D eigenvalue weighted by molar-refractivity contribution is 5.18. The average Bonchev–Trinajstić information content (AvgIpc) is 2.16. The molecule has 0 aromatic heterocycles. The topological polar surface area (TPSA) is 20.2 Å². The number of aliphatic hydroxyl groups excluding tert-OH is 1. The summed E-state index contributed by atoms with van der Waals surface area (Å²) in [6, 6.07) is 6.69. The normalized spacial score (nSPS) is 18.5. The Balaban J connectivity index is 1.87. The summed E-state index contributed by atoms with van der Waals surface area (Å²) >= 11 is 0. The minimum absolute atomic E-state index is 0.204. The maximum absolute atomic E-state index is 13.3. The number of hydrogen-bond acceptors (Lipinski definition) is 1. The second kappa shape index (κ2) is 4.75. The molecule has 1 saturated carbocycles. The predicted octanol–water partition coefficient (Wildman–Crippen LogP) is 2.92. The van der Waals surface area contributed by atoms with E-state index in [0.29, 0.717) is 17.9 Å². The van der Waals surface area contributed by atoms with Crippen molar-refractivity contribution in [2.75, 3.05) is 0 Å². The fourth-order valence-electron chi connectivity index (χ4n) is 2.11. The lowest BCUT2D eigenvalue weighted by atomic mass is 9.80. The Kier molecular flexibility index (Phi) is 3.37. The molecule has 1 aromatic rings. The average molecular weight is 208 g/mol. The molecule has 1 fully saturated rings. The van der Waals surface area contributed by atoms with Crippen LogP contribution in [0.4, 0.5) is 4.39 Å². The van der Waals surface area contributed by atoms with Gasteiger partial charge in [0, 0.05) is 6.42 Å². The molecule has 2 heteroatoms. The van der Waals surface area contributed by atoms with Crippen LogP contribution < -0.4 is 0 Å². The van der Waals surface area contributed by atoms with Gasteiger partial charge < -0.3 is 5.11 Å². The molecule has 1 aliphatic rings. The molecule has 1 N–H and O–H groups in total. The maximum atomic E-state index is 13.3. The molecule has 1 aliphatic carbocycles. The highest BCUT2D eigenvalue weighted by atomic mass is 19.1. The van der Waals surface area contributed by atoms with Crippen LogP contribution in [0.5, 0.6) is 0 Å². The van der Waals surface area contributed by atoms with Crippen molar-refractivity contribution in [1.82, 2.24) is 0 Å². The lowest BCUT2D eigenvalue weighted by molar-refractivity contribution is 0.117. The minimum atomic E-state index is -0.382. The van der Waals surface area contributed by atoms with Gasteiger partial charge in [-0.3, -0.25) is 0 Å². The molecular weight excluding hydrogens is 191 g/mol. The summed E-state index contributed by atoms with van der Waals surface area (Å²) < 4.78 is 13.3. The zero-order valence-corrected chi connectivity index (χ0v) is 8.82. The SMILES string of the molecule is OC(Cc1ccccc1F)CC1CCC1. The van der Waals surface area contributed by atoms with E-state index >= 15 is 0 Å². The van der Waals surface area contributed by atoms with Gasteiger partial charge in [0.1, 0.15) is 5.82 Å². The summed E-state index contributed by atoms with van der Waals surface area (Å²) in [7, 11) is 0. The molecular formula is C13H17FO. The summed E-state index contributed by atoms with van der Waals surface area (Å²) in [4.78, 5) is 0. The monoisotopic (exact) mass is 208 g/mol. The Morgan fingerprint density at radius 3 is 2.67 bits per heavy atom. The van der Waals surface area contributed by atoms with Crippen LogP contribution in [0.3, 0.4) is 0 Å². The van der Waals surface area contributed by atoms with Crippen molar-refractivity contribution < 1.29 is 9.50 Å². The van der Waals surface area contributed by atoms with Gasteiger partial charge in [0.05, 0.1) is 6.10 Å². The first kappa shape index (κ1) is 10.6. The second-order valence-electron chi connectivity index (χ2n) is 4.48. The second-order valence-corrected chi connectivity index (χ2v) is 4.48. The summed E-state index contributed by atoms with van der Waals surface area (Å²) in [5.74, 6) is 0.469. The van der Waals surface area contributed by atoms with Crippen LogP contribution in [0.1, 0.15) is 31.2 Å². The third-order valence-corrected chi connectivity index (χ3v) is 3.24. The highest BCUT2D eigenvalue weighted by Crippen LogP contribution is 2.31. The van der Waals surface area contributed by atoms with Crippen LogP contribution in [0, 0.1) is 11.7 Å². The Labute approximate surface area is 89.9 Å². The van der Waals surface area contributed by atoms with E-state index in [1.54, 1.807) is 12.1 Å². The van der Waals surface area contributed by atoms with E-state index < -0.39 is 0 Å². The standard InChI is InChI=1S/C13H17FO/c14-13-7-2-1-6-11(13)9-12(15)8-10-4-3-5-10/h1-2,6-7,10,12,15H,3-5,8-9H2. The quantitative estimate of drug-likeness (QED) is 0.806. The lowest BCUT2D eigenvalue weighted by Gasteiger charge is -2.27. The van der Waals surface area contributed by atoms with Crippen molar-refractivity contribution >= 4 is 0 Å². The number of rotatable bonds is 4. The zero-order valence-electron chi connectivity index (χ0n) is 8.82. The van der Waals surface area contributed by atoms with Crippen molar-refractivity contribution in [3.63, 3.8) is 0 Å². The van der Waals surface area contributed by atoms with Gasteiger partial charge in [-0.25, -0.2) is 4.39 Å². The Hall–Kier alpha value is -0.890. The molecule has 1 atom stereocenters. The fraction of sp³-hybridized carbons (Fsp3) is 0.538. The van der Waals surface area contributed by atoms with Gasteiger partial charge in [0.25, 0.3) is 0 Å². The van der Waals surface area contributed by atoms with E-state index in [9.17, 15) is 9.50 Å². The van der Waals surface area contributed by atoms with Crippen LogP contribution >= 0.6 is 0 Å². The van der Waals surface area contributed by atoms with Gasteiger partial charge in [-0.1, -0.05) is 37.5 Å². The van der Waals surface area contributed by atoms with Crippen LogP contribution in [-0.2, 0) is 6.42 Å². The van der Waals surface area contributed by atoms with E-state index in [0.717, 1.165) is 6.42 Å².